The third-order valence-corrected chi connectivity index (χ3v) is 5.00. The van der Waals surface area contributed by atoms with Gasteiger partial charge in [-0.15, -0.1) is 11.8 Å². The molecule has 0 radical (unpaired) electrons. The maximum absolute atomic E-state index is 9.85. The summed E-state index contributed by atoms with van der Waals surface area (Å²) in [4.78, 5) is 5.57. The van der Waals surface area contributed by atoms with E-state index in [1.54, 1.807) is 11.8 Å². The molecule has 0 aliphatic heterocycles. The molecule has 3 rings (SSSR count). The molecule has 1 fully saturated rings. The predicted octanol–water partition coefficient (Wildman–Crippen LogP) is 3.75. The van der Waals surface area contributed by atoms with E-state index < -0.39 is 0 Å². The number of hydrogen-bond acceptors (Lipinski definition) is 5. The Morgan fingerprint density at radius 2 is 2.10 bits per heavy atom. The molecule has 0 bridgehead atoms. The van der Waals surface area contributed by atoms with Crippen LogP contribution >= 0.6 is 27.7 Å². The lowest BCUT2D eigenvalue weighted by Crippen LogP contribution is -2.11. The van der Waals surface area contributed by atoms with Crippen LogP contribution in [0.15, 0.2) is 38.2 Å². The van der Waals surface area contributed by atoms with Crippen LogP contribution in [-0.4, -0.2) is 21.4 Å². The second kappa shape index (κ2) is 6.28. The van der Waals surface area contributed by atoms with Gasteiger partial charge in [-0.2, -0.15) is 4.98 Å². The molecule has 1 N–H and O–H groups in total. The summed E-state index contributed by atoms with van der Waals surface area (Å²) in [5.74, 6) is 1.97. The Balaban J connectivity index is 1.61. The molecule has 0 amide bonds. The van der Waals surface area contributed by atoms with Crippen LogP contribution in [0.4, 0.5) is 0 Å². The lowest BCUT2D eigenvalue weighted by Gasteiger charge is -2.07. The van der Waals surface area contributed by atoms with Crippen molar-refractivity contribution in [1.82, 2.24) is 10.1 Å². The quantitative estimate of drug-likeness (QED) is 0.847. The Morgan fingerprint density at radius 3 is 2.80 bits per heavy atom. The molecule has 2 atom stereocenters. The number of benzene rings is 1. The molecule has 6 heteroatoms. The van der Waals surface area contributed by atoms with Gasteiger partial charge in [0.2, 0.25) is 5.89 Å². The minimum Gasteiger partial charge on any atom is -0.392 e. The van der Waals surface area contributed by atoms with Crippen LogP contribution in [0.5, 0.6) is 0 Å². The number of rotatable bonds is 4. The first-order valence-corrected chi connectivity index (χ1v) is 8.39. The fraction of sp³-hybridized carbons (Fsp3) is 0.429. The summed E-state index contributed by atoms with van der Waals surface area (Å²) in [6, 6.07) is 8.13. The summed E-state index contributed by atoms with van der Waals surface area (Å²) in [6.07, 6.45) is 2.46. The lowest BCUT2D eigenvalue weighted by atomic mass is 10.1. The number of nitrogens with zero attached hydrogens (tertiary/aromatic N) is 2. The topological polar surface area (TPSA) is 59.2 Å². The number of thioether (sulfide) groups is 1. The molecular formula is C14H15BrN2O2S. The van der Waals surface area contributed by atoms with Gasteiger partial charge in [0.25, 0.3) is 0 Å². The molecular weight excluding hydrogens is 340 g/mol. The zero-order valence-corrected chi connectivity index (χ0v) is 13.2. The van der Waals surface area contributed by atoms with Gasteiger partial charge >= 0.3 is 0 Å². The molecule has 1 aliphatic carbocycles. The highest BCUT2D eigenvalue weighted by molar-refractivity contribution is 9.10. The van der Waals surface area contributed by atoms with E-state index in [-0.39, 0.29) is 12.0 Å². The van der Waals surface area contributed by atoms with Crippen molar-refractivity contribution in [2.45, 2.75) is 41.9 Å². The molecule has 1 aromatic carbocycles. The van der Waals surface area contributed by atoms with Gasteiger partial charge in [-0.25, -0.2) is 0 Å². The van der Waals surface area contributed by atoms with E-state index >= 15 is 0 Å². The zero-order valence-electron chi connectivity index (χ0n) is 10.8. The van der Waals surface area contributed by atoms with Crippen LogP contribution in [0.25, 0.3) is 0 Å². The third-order valence-electron chi connectivity index (χ3n) is 3.46. The number of aliphatic hydroxyl groups is 1. The van der Waals surface area contributed by atoms with Gasteiger partial charge < -0.3 is 9.63 Å². The molecule has 2 aromatic rings. The smallest absolute Gasteiger partial charge is 0.232 e. The molecule has 20 heavy (non-hydrogen) atoms. The first-order chi connectivity index (χ1) is 9.72. The summed E-state index contributed by atoms with van der Waals surface area (Å²) >= 11 is 5.09. The molecule has 2 unspecified atom stereocenters. The van der Waals surface area contributed by atoms with E-state index in [9.17, 15) is 5.11 Å². The summed E-state index contributed by atoms with van der Waals surface area (Å²) in [5, 5.41) is 13.8. The lowest BCUT2D eigenvalue weighted by molar-refractivity contribution is 0.148. The van der Waals surface area contributed by atoms with Gasteiger partial charge in [-0.3, -0.25) is 0 Å². The van der Waals surface area contributed by atoms with Crippen molar-refractivity contribution in [3.8, 4) is 0 Å². The van der Waals surface area contributed by atoms with Gasteiger partial charge in [0.15, 0.2) is 5.82 Å². The van der Waals surface area contributed by atoms with Crippen LogP contribution in [0.1, 0.15) is 36.9 Å². The monoisotopic (exact) mass is 354 g/mol. The normalized spacial score (nSPS) is 22.3. The van der Waals surface area contributed by atoms with Gasteiger partial charge in [0, 0.05) is 9.37 Å². The maximum Gasteiger partial charge on any atom is 0.232 e. The standard InChI is InChI=1S/C14H15BrN2O2S/c15-9-4-6-10(7-5-9)20-8-13-16-14(19-17-13)11-2-1-3-12(11)18/h4-7,11-12,18H,1-3,8H2. The highest BCUT2D eigenvalue weighted by Crippen LogP contribution is 2.34. The third kappa shape index (κ3) is 3.24. The largest absolute Gasteiger partial charge is 0.392 e. The second-order valence-corrected chi connectivity index (χ2v) is 6.86. The van der Waals surface area contributed by atoms with Gasteiger partial charge in [-0.05, 0) is 43.5 Å². The SMILES string of the molecule is OC1CCCC1c1nc(CSc2ccc(Br)cc2)no1. The fourth-order valence-corrected chi connectivity index (χ4v) is 3.39. The number of hydrogen-bond donors (Lipinski definition) is 1. The molecule has 1 aliphatic rings. The number of aliphatic hydroxyl groups excluding tert-OH is 1. The van der Waals surface area contributed by atoms with Crippen LogP contribution in [0.2, 0.25) is 0 Å². The molecule has 1 saturated carbocycles. The van der Waals surface area contributed by atoms with Crippen molar-refractivity contribution in [2.75, 3.05) is 0 Å². The second-order valence-electron chi connectivity index (χ2n) is 4.90. The minimum atomic E-state index is -0.331. The zero-order chi connectivity index (χ0) is 13.9. The van der Waals surface area contributed by atoms with E-state index in [4.69, 9.17) is 4.52 Å². The summed E-state index contributed by atoms with van der Waals surface area (Å²) in [5.41, 5.74) is 0. The van der Waals surface area contributed by atoms with E-state index in [0.29, 0.717) is 17.5 Å². The average molecular weight is 355 g/mol. The van der Waals surface area contributed by atoms with Gasteiger partial charge in [0.1, 0.15) is 0 Å². The first kappa shape index (κ1) is 14.1. The Labute approximate surface area is 130 Å². The number of aromatic nitrogens is 2. The fourth-order valence-electron chi connectivity index (χ4n) is 2.38. The van der Waals surface area contributed by atoms with Crippen LogP contribution in [0.3, 0.4) is 0 Å². The van der Waals surface area contributed by atoms with Crippen molar-refractivity contribution in [3.05, 3.63) is 40.5 Å². The molecule has 1 heterocycles. The Morgan fingerprint density at radius 1 is 1.30 bits per heavy atom. The van der Waals surface area contributed by atoms with E-state index in [1.807, 2.05) is 12.1 Å². The molecule has 0 saturated heterocycles. The van der Waals surface area contributed by atoms with E-state index in [2.05, 4.69) is 38.2 Å². The van der Waals surface area contributed by atoms with E-state index in [0.717, 1.165) is 23.7 Å². The van der Waals surface area contributed by atoms with Crippen LogP contribution < -0.4 is 0 Å². The highest BCUT2D eigenvalue weighted by Gasteiger charge is 2.31. The molecule has 106 valence electrons. The number of halogens is 1. The minimum absolute atomic E-state index is 0.0222. The average Bonchev–Trinajstić information content (AvgIpc) is 3.06. The first-order valence-electron chi connectivity index (χ1n) is 6.61. The Kier molecular flexibility index (Phi) is 4.43. The van der Waals surface area contributed by atoms with E-state index in [1.165, 1.54) is 4.90 Å². The van der Waals surface area contributed by atoms with Crippen molar-refractivity contribution < 1.29 is 9.63 Å². The summed E-state index contributed by atoms with van der Waals surface area (Å²) < 4.78 is 6.35. The van der Waals surface area contributed by atoms with Crippen LogP contribution in [-0.2, 0) is 5.75 Å². The summed E-state index contributed by atoms with van der Waals surface area (Å²) in [7, 11) is 0. The summed E-state index contributed by atoms with van der Waals surface area (Å²) in [6.45, 7) is 0. The molecule has 4 nitrogen and oxygen atoms in total. The Hall–Kier alpha value is -0.850. The maximum atomic E-state index is 9.85. The van der Waals surface area contributed by atoms with Crippen LogP contribution in [0, 0.1) is 0 Å². The van der Waals surface area contributed by atoms with Crippen molar-refractivity contribution >= 4 is 27.7 Å². The van der Waals surface area contributed by atoms with Gasteiger partial charge in [0.05, 0.1) is 17.8 Å². The van der Waals surface area contributed by atoms with Crippen molar-refractivity contribution in [2.24, 2.45) is 0 Å². The predicted molar refractivity (Wildman–Crippen MR) is 80.6 cm³/mol. The van der Waals surface area contributed by atoms with Crippen molar-refractivity contribution in [3.63, 3.8) is 0 Å². The molecule has 0 spiro atoms. The Bertz CT molecular complexity index is 573. The van der Waals surface area contributed by atoms with Crippen molar-refractivity contribution in [1.29, 1.82) is 0 Å². The highest BCUT2D eigenvalue weighted by atomic mass is 79.9. The van der Waals surface area contributed by atoms with Gasteiger partial charge in [-0.1, -0.05) is 21.1 Å². The molecule has 1 aromatic heterocycles.